The van der Waals surface area contributed by atoms with Gasteiger partial charge in [0, 0.05) is 18.1 Å². The average Bonchev–Trinajstić information content (AvgIpc) is 2.52. The maximum atomic E-state index is 4.22. The van der Waals surface area contributed by atoms with Gasteiger partial charge in [-0.3, -0.25) is 4.98 Å². The Kier molecular flexibility index (Phi) is 2.10. The lowest BCUT2D eigenvalue weighted by Gasteiger charge is -1.96. The summed E-state index contributed by atoms with van der Waals surface area (Å²) in [6.07, 6.45) is 3.74. The summed E-state index contributed by atoms with van der Waals surface area (Å²) in [5.74, 6) is 0. The molecule has 2 rings (SSSR count). The highest BCUT2D eigenvalue weighted by Gasteiger charge is 2.01. The van der Waals surface area contributed by atoms with E-state index in [4.69, 9.17) is 0 Å². The molecule has 2 aromatic rings. The number of aromatic nitrogens is 2. The van der Waals surface area contributed by atoms with Crippen molar-refractivity contribution in [2.75, 3.05) is 0 Å². The zero-order chi connectivity index (χ0) is 9.26. The third-order valence-electron chi connectivity index (χ3n) is 1.80. The number of rotatable bonds is 1. The van der Waals surface area contributed by atoms with Gasteiger partial charge in [-0.15, -0.1) is 11.3 Å². The second-order valence-corrected chi connectivity index (χ2v) is 4.16. The molecule has 0 aliphatic rings. The van der Waals surface area contributed by atoms with Crippen molar-refractivity contribution in [1.29, 1.82) is 0 Å². The predicted molar refractivity (Wildman–Crippen MR) is 54.8 cm³/mol. The predicted octanol–water partition coefficient (Wildman–Crippen LogP) is 2.82. The molecule has 0 fully saturated rings. The van der Waals surface area contributed by atoms with Crippen molar-refractivity contribution in [2.24, 2.45) is 0 Å². The number of pyridine rings is 1. The van der Waals surface area contributed by atoms with E-state index in [1.54, 1.807) is 11.3 Å². The Hall–Kier alpha value is -1.22. The Morgan fingerprint density at radius 2 is 2.08 bits per heavy atom. The molecule has 0 radical (unpaired) electrons. The van der Waals surface area contributed by atoms with Gasteiger partial charge >= 0.3 is 0 Å². The van der Waals surface area contributed by atoms with Crippen LogP contribution in [0.5, 0.6) is 0 Å². The van der Waals surface area contributed by atoms with Crippen LogP contribution >= 0.6 is 11.3 Å². The van der Waals surface area contributed by atoms with Crippen molar-refractivity contribution >= 4 is 11.3 Å². The molecule has 0 spiro atoms. The molecule has 0 aliphatic carbocycles. The fourth-order valence-electron chi connectivity index (χ4n) is 1.19. The van der Waals surface area contributed by atoms with Gasteiger partial charge in [-0.2, -0.15) is 0 Å². The Morgan fingerprint density at radius 1 is 1.23 bits per heavy atom. The van der Waals surface area contributed by atoms with Gasteiger partial charge in [-0.1, -0.05) is 0 Å². The van der Waals surface area contributed by atoms with Crippen LogP contribution in [0.1, 0.15) is 10.7 Å². The second kappa shape index (κ2) is 3.26. The van der Waals surface area contributed by atoms with Crippen LogP contribution < -0.4 is 0 Å². The van der Waals surface area contributed by atoms with Gasteiger partial charge in [0.2, 0.25) is 0 Å². The van der Waals surface area contributed by atoms with Crippen molar-refractivity contribution in [3.63, 3.8) is 0 Å². The monoisotopic (exact) mass is 190 g/mol. The molecule has 66 valence electrons. The van der Waals surface area contributed by atoms with E-state index in [2.05, 4.69) is 16.0 Å². The molecule has 0 saturated carbocycles. The lowest BCUT2D eigenvalue weighted by atomic mass is 10.2. The van der Waals surface area contributed by atoms with Gasteiger partial charge < -0.3 is 0 Å². The van der Waals surface area contributed by atoms with Gasteiger partial charge in [-0.25, -0.2) is 4.98 Å². The van der Waals surface area contributed by atoms with E-state index in [1.165, 1.54) is 10.4 Å². The summed E-state index contributed by atoms with van der Waals surface area (Å²) in [5, 5.41) is 1.10. The van der Waals surface area contributed by atoms with E-state index in [0.717, 1.165) is 10.7 Å². The topological polar surface area (TPSA) is 25.8 Å². The highest BCUT2D eigenvalue weighted by Crippen LogP contribution is 2.25. The number of aryl methyl sites for hydroxylation is 2. The van der Waals surface area contributed by atoms with Crippen molar-refractivity contribution in [1.82, 2.24) is 9.97 Å². The number of thiazole rings is 1. The minimum atomic E-state index is 1.04. The fourth-order valence-corrected chi connectivity index (χ4v) is 1.97. The molecule has 2 heterocycles. The molecule has 3 heteroatoms. The van der Waals surface area contributed by atoms with Crippen LogP contribution in [0, 0.1) is 13.8 Å². The van der Waals surface area contributed by atoms with Crippen molar-refractivity contribution < 1.29 is 0 Å². The quantitative estimate of drug-likeness (QED) is 0.691. The largest absolute Gasteiger partial charge is 0.262 e. The Bertz CT molecular complexity index is 420. The van der Waals surface area contributed by atoms with Crippen molar-refractivity contribution in [3.8, 4) is 10.4 Å². The Balaban J connectivity index is 2.46. The summed E-state index contributed by atoms with van der Waals surface area (Å²) in [6.45, 7) is 4.01. The molecule has 0 saturated heterocycles. The average molecular weight is 190 g/mol. The van der Waals surface area contributed by atoms with Crippen LogP contribution in [0.3, 0.4) is 0 Å². The van der Waals surface area contributed by atoms with Gasteiger partial charge in [0.1, 0.15) is 0 Å². The lowest BCUT2D eigenvalue weighted by Crippen LogP contribution is -1.79. The van der Waals surface area contributed by atoms with Gasteiger partial charge in [-0.05, 0) is 31.5 Å². The highest BCUT2D eigenvalue weighted by atomic mass is 32.1. The van der Waals surface area contributed by atoms with Gasteiger partial charge in [0.15, 0.2) is 0 Å². The van der Waals surface area contributed by atoms with E-state index in [1.807, 2.05) is 32.3 Å². The highest BCUT2D eigenvalue weighted by molar-refractivity contribution is 7.15. The maximum absolute atomic E-state index is 4.22. The molecular formula is C10H10N2S. The normalized spacial score (nSPS) is 10.3. The SMILES string of the molecule is Cc1cc(-c2cnc(C)s2)ccn1. The van der Waals surface area contributed by atoms with E-state index in [0.29, 0.717) is 0 Å². The molecule has 0 amide bonds. The van der Waals surface area contributed by atoms with Crippen LogP contribution in [-0.4, -0.2) is 9.97 Å². The van der Waals surface area contributed by atoms with E-state index in [9.17, 15) is 0 Å². The standard InChI is InChI=1S/C10H10N2S/c1-7-5-9(3-4-11-7)10-6-12-8(2)13-10/h3-6H,1-2H3. The van der Waals surface area contributed by atoms with Crippen LogP contribution in [0.4, 0.5) is 0 Å². The van der Waals surface area contributed by atoms with Crippen LogP contribution in [0.2, 0.25) is 0 Å². The van der Waals surface area contributed by atoms with E-state index >= 15 is 0 Å². The van der Waals surface area contributed by atoms with Gasteiger partial charge in [0.05, 0.1) is 9.88 Å². The van der Waals surface area contributed by atoms with Gasteiger partial charge in [0.25, 0.3) is 0 Å². The minimum absolute atomic E-state index is 1.04. The van der Waals surface area contributed by atoms with Crippen LogP contribution in [-0.2, 0) is 0 Å². The molecule has 0 N–H and O–H groups in total. The zero-order valence-corrected chi connectivity index (χ0v) is 8.43. The molecule has 13 heavy (non-hydrogen) atoms. The Labute approximate surface area is 81.3 Å². The summed E-state index contributed by atoms with van der Waals surface area (Å²) in [7, 11) is 0. The molecule has 0 aromatic carbocycles. The Morgan fingerprint density at radius 3 is 2.69 bits per heavy atom. The van der Waals surface area contributed by atoms with Crippen molar-refractivity contribution in [2.45, 2.75) is 13.8 Å². The van der Waals surface area contributed by atoms with Crippen LogP contribution in [0.15, 0.2) is 24.5 Å². The second-order valence-electron chi connectivity index (χ2n) is 2.93. The molecule has 2 nitrogen and oxygen atoms in total. The maximum Gasteiger partial charge on any atom is 0.0900 e. The minimum Gasteiger partial charge on any atom is -0.262 e. The summed E-state index contributed by atoms with van der Waals surface area (Å²) in [6, 6.07) is 4.09. The molecule has 0 aliphatic heterocycles. The first-order chi connectivity index (χ1) is 6.25. The molecular weight excluding hydrogens is 180 g/mol. The first-order valence-electron chi connectivity index (χ1n) is 4.11. The first kappa shape index (κ1) is 8.38. The summed E-state index contributed by atoms with van der Waals surface area (Å²) >= 11 is 1.71. The fraction of sp³-hybridized carbons (Fsp3) is 0.200. The molecule has 2 aromatic heterocycles. The zero-order valence-electron chi connectivity index (χ0n) is 7.61. The summed E-state index contributed by atoms with van der Waals surface area (Å²) in [5.41, 5.74) is 2.25. The van der Waals surface area contributed by atoms with Crippen LogP contribution in [0.25, 0.3) is 10.4 Å². The van der Waals surface area contributed by atoms with E-state index in [-0.39, 0.29) is 0 Å². The lowest BCUT2D eigenvalue weighted by molar-refractivity contribution is 1.20. The molecule has 0 atom stereocenters. The smallest absolute Gasteiger partial charge is 0.0900 e. The first-order valence-corrected chi connectivity index (χ1v) is 4.93. The number of hydrogen-bond acceptors (Lipinski definition) is 3. The third-order valence-corrected chi connectivity index (χ3v) is 2.76. The number of hydrogen-bond donors (Lipinski definition) is 0. The number of nitrogens with zero attached hydrogens (tertiary/aromatic N) is 2. The third kappa shape index (κ3) is 1.75. The molecule has 0 unspecified atom stereocenters. The summed E-state index contributed by atoms with van der Waals surface area (Å²) in [4.78, 5) is 9.59. The van der Waals surface area contributed by atoms with E-state index < -0.39 is 0 Å². The summed E-state index contributed by atoms with van der Waals surface area (Å²) < 4.78 is 0. The molecule has 0 bridgehead atoms. The van der Waals surface area contributed by atoms with Crippen molar-refractivity contribution in [3.05, 3.63) is 35.2 Å².